The van der Waals surface area contributed by atoms with Gasteiger partial charge in [0.05, 0.1) is 0 Å². The third kappa shape index (κ3) is 6.85. The molecule has 0 aliphatic rings. The van der Waals surface area contributed by atoms with Gasteiger partial charge in [-0.1, -0.05) is 12.2 Å². The molecule has 0 spiro atoms. The van der Waals surface area contributed by atoms with Crippen LogP contribution in [0.4, 0.5) is 4.79 Å². The van der Waals surface area contributed by atoms with Crippen LogP contribution in [0.2, 0.25) is 0 Å². The van der Waals surface area contributed by atoms with E-state index in [9.17, 15) is 9.59 Å². The maximum Gasteiger partial charge on any atom is 0.407 e. The Balaban J connectivity index is 2.29. The summed E-state index contributed by atoms with van der Waals surface area (Å²) >= 11 is 5.01. The molecule has 22 heavy (non-hydrogen) atoms. The van der Waals surface area contributed by atoms with Crippen molar-refractivity contribution in [2.45, 2.75) is 52.6 Å². The van der Waals surface area contributed by atoms with Crippen LogP contribution in [0.15, 0.2) is 12.3 Å². The van der Waals surface area contributed by atoms with Crippen LogP contribution in [-0.4, -0.2) is 29.0 Å². The van der Waals surface area contributed by atoms with Crippen molar-refractivity contribution in [3.8, 4) is 0 Å². The van der Waals surface area contributed by atoms with Gasteiger partial charge in [0.15, 0.2) is 5.78 Å². The number of pyridine rings is 1. The zero-order valence-electron chi connectivity index (χ0n) is 13.6. The van der Waals surface area contributed by atoms with Crippen molar-refractivity contribution in [3.63, 3.8) is 0 Å². The molecule has 122 valence electrons. The van der Waals surface area contributed by atoms with Crippen LogP contribution >= 0.6 is 12.2 Å². The second kappa shape index (κ2) is 8.08. The first-order chi connectivity index (χ1) is 10.2. The van der Waals surface area contributed by atoms with Crippen molar-refractivity contribution in [2.24, 2.45) is 0 Å². The number of alkyl carbamates (subject to hydrolysis) is 1. The van der Waals surface area contributed by atoms with Crippen molar-refractivity contribution in [1.29, 1.82) is 0 Å². The van der Waals surface area contributed by atoms with E-state index in [1.807, 2.05) is 27.7 Å². The molecule has 0 saturated heterocycles. The Bertz CT molecular complexity index is 588. The van der Waals surface area contributed by atoms with Gasteiger partial charge < -0.3 is 15.0 Å². The normalized spacial score (nSPS) is 11.1. The molecule has 0 unspecified atom stereocenters. The summed E-state index contributed by atoms with van der Waals surface area (Å²) in [5.74, 6) is 0.0843. The monoisotopic (exact) mass is 324 g/mol. The average Bonchev–Trinajstić information content (AvgIpc) is 2.35. The number of hydrogen-bond donors (Lipinski definition) is 2. The quantitative estimate of drug-likeness (QED) is 0.472. The number of unbranched alkanes of at least 4 members (excludes halogenated alkanes) is 1. The van der Waals surface area contributed by atoms with Crippen LogP contribution in [0.5, 0.6) is 0 Å². The number of ketones is 1. The molecule has 5 nitrogen and oxygen atoms in total. The minimum atomic E-state index is -0.495. The Morgan fingerprint density at radius 1 is 1.32 bits per heavy atom. The van der Waals surface area contributed by atoms with Gasteiger partial charge in [0.25, 0.3) is 0 Å². The highest BCUT2D eigenvalue weighted by atomic mass is 32.1. The number of aryl methyl sites for hydroxylation is 1. The van der Waals surface area contributed by atoms with Gasteiger partial charge in [-0.3, -0.25) is 4.79 Å². The van der Waals surface area contributed by atoms with Gasteiger partial charge in [-0.15, -0.1) is 0 Å². The van der Waals surface area contributed by atoms with Gasteiger partial charge in [0.1, 0.15) is 10.2 Å². The molecule has 1 heterocycles. The largest absolute Gasteiger partial charge is 0.444 e. The molecule has 2 N–H and O–H groups in total. The van der Waals surface area contributed by atoms with Gasteiger partial charge >= 0.3 is 6.09 Å². The number of carbonyl (C=O) groups is 2. The van der Waals surface area contributed by atoms with Crippen molar-refractivity contribution >= 4 is 24.1 Å². The number of hydrogen-bond acceptors (Lipinski definition) is 4. The maximum atomic E-state index is 12.1. The number of Topliss-reactive ketones (excluding diaryl/α,β-unsaturated/α-hetero) is 1. The number of H-pyrrole nitrogens is 1. The molecule has 0 bridgehead atoms. The second-order valence-corrected chi connectivity index (χ2v) is 6.64. The summed E-state index contributed by atoms with van der Waals surface area (Å²) in [5, 5.41) is 2.68. The molecular formula is C16H24N2O3S. The highest BCUT2D eigenvalue weighted by molar-refractivity contribution is 7.71. The summed E-state index contributed by atoms with van der Waals surface area (Å²) in [5.41, 5.74) is 1.07. The van der Waals surface area contributed by atoms with E-state index in [2.05, 4.69) is 10.3 Å². The highest BCUT2D eigenvalue weighted by Crippen LogP contribution is 2.11. The average molecular weight is 324 g/mol. The number of amides is 1. The Hall–Kier alpha value is -1.69. The fraction of sp³-hybridized carbons (Fsp3) is 0.562. The van der Waals surface area contributed by atoms with Gasteiger partial charge in [-0.25, -0.2) is 4.79 Å². The minimum Gasteiger partial charge on any atom is -0.444 e. The molecule has 0 aliphatic heterocycles. The van der Waals surface area contributed by atoms with Crippen molar-refractivity contribution < 1.29 is 14.3 Å². The first kappa shape index (κ1) is 18.4. The lowest BCUT2D eigenvalue weighted by Crippen LogP contribution is -2.33. The number of carbonyl (C=O) groups excluding carboxylic acids is 2. The summed E-state index contributed by atoms with van der Waals surface area (Å²) in [6.45, 7) is 7.83. The van der Waals surface area contributed by atoms with E-state index in [-0.39, 0.29) is 5.78 Å². The van der Waals surface area contributed by atoms with Gasteiger partial charge in [0.2, 0.25) is 0 Å². The van der Waals surface area contributed by atoms with E-state index in [1.54, 1.807) is 12.3 Å². The lowest BCUT2D eigenvalue weighted by Gasteiger charge is -2.19. The SMILES string of the molecule is Cc1cc(=S)[nH]cc1C(=O)CCCCNC(=O)OC(C)(C)C. The topological polar surface area (TPSA) is 71.2 Å². The minimum absolute atomic E-state index is 0.0843. The van der Waals surface area contributed by atoms with Gasteiger partial charge in [0, 0.05) is 24.7 Å². The molecule has 0 saturated carbocycles. The van der Waals surface area contributed by atoms with E-state index in [0.29, 0.717) is 29.6 Å². The summed E-state index contributed by atoms with van der Waals surface area (Å²) < 4.78 is 5.75. The molecule has 1 rings (SSSR count). The van der Waals surface area contributed by atoms with Crippen LogP contribution in [0.3, 0.4) is 0 Å². The Labute approximate surface area is 136 Å². The summed E-state index contributed by atoms with van der Waals surface area (Å²) in [6.07, 6.45) is 3.13. The van der Waals surface area contributed by atoms with Crippen LogP contribution in [-0.2, 0) is 4.74 Å². The molecule has 1 aromatic heterocycles. The first-order valence-electron chi connectivity index (χ1n) is 7.38. The molecule has 1 aromatic rings. The molecule has 1 amide bonds. The molecule has 0 aromatic carbocycles. The molecule has 0 radical (unpaired) electrons. The van der Waals surface area contributed by atoms with Crippen LogP contribution in [0, 0.1) is 11.6 Å². The van der Waals surface area contributed by atoms with Crippen molar-refractivity contribution in [2.75, 3.05) is 6.54 Å². The number of aromatic nitrogens is 1. The fourth-order valence-electron chi connectivity index (χ4n) is 1.92. The predicted octanol–water partition coefficient (Wildman–Crippen LogP) is 3.93. The van der Waals surface area contributed by atoms with E-state index in [1.165, 1.54) is 0 Å². The van der Waals surface area contributed by atoms with Crippen LogP contribution in [0.25, 0.3) is 0 Å². The molecule has 6 heteroatoms. The van der Waals surface area contributed by atoms with E-state index >= 15 is 0 Å². The van der Waals surface area contributed by atoms with E-state index in [0.717, 1.165) is 12.0 Å². The third-order valence-electron chi connectivity index (χ3n) is 2.93. The summed E-state index contributed by atoms with van der Waals surface area (Å²) in [7, 11) is 0. The number of nitrogens with one attached hydrogen (secondary N) is 2. The van der Waals surface area contributed by atoms with Crippen LogP contribution in [0.1, 0.15) is 56.0 Å². The summed E-state index contributed by atoms with van der Waals surface area (Å²) in [4.78, 5) is 26.4. The predicted molar refractivity (Wildman–Crippen MR) is 88.8 cm³/mol. The maximum absolute atomic E-state index is 12.1. The molecule has 0 fully saturated rings. The molecular weight excluding hydrogens is 300 g/mol. The van der Waals surface area contributed by atoms with Gasteiger partial charge in [-0.05, 0) is 52.2 Å². The third-order valence-corrected chi connectivity index (χ3v) is 3.17. The van der Waals surface area contributed by atoms with Gasteiger partial charge in [-0.2, -0.15) is 0 Å². The second-order valence-electron chi connectivity index (χ2n) is 6.20. The summed E-state index contributed by atoms with van der Waals surface area (Å²) in [6, 6.07) is 1.78. The van der Waals surface area contributed by atoms with E-state index in [4.69, 9.17) is 17.0 Å². The first-order valence-corrected chi connectivity index (χ1v) is 7.79. The molecule has 0 aliphatic carbocycles. The fourth-order valence-corrected chi connectivity index (χ4v) is 2.16. The molecule has 0 atom stereocenters. The zero-order valence-corrected chi connectivity index (χ0v) is 14.4. The smallest absolute Gasteiger partial charge is 0.407 e. The number of aromatic amines is 1. The Morgan fingerprint density at radius 3 is 2.59 bits per heavy atom. The zero-order chi connectivity index (χ0) is 16.8. The highest BCUT2D eigenvalue weighted by Gasteiger charge is 2.15. The van der Waals surface area contributed by atoms with Crippen molar-refractivity contribution in [3.05, 3.63) is 28.0 Å². The van der Waals surface area contributed by atoms with Crippen LogP contribution < -0.4 is 5.32 Å². The van der Waals surface area contributed by atoms with E-state index < -0.39 is 11.7 Å². The number of rotatable bonds is 6. The standard InChI is InChI=1S/C16H24N2O3S/c1-11-9-14(22)18-10-12(11)13(19)7-5-6-8-17-15(20)21-16(2,3)4/h9-10H,5-8H2,1-4H3,(H,17,20)(H,18,22). The Kier molecular flexibility index (Phi) is 6.74. The number of ether oxygens (including phenoxy) is 1. The lowest BCUT2D eigenvalue weighted by molar-refractivity contribution is 0.0527. The Morgan fingerprint density at radius 2 is 2.00 bits per heavy atom. The van der Waals surface area contributed by atoms with Crippen molar-refractivity contribution in [1.82, 2.24) is 10.3 Å². The lowest BCUT2D eigenvalue weighted by atomic mass is 10.0.